The lowest BCUT2D eigenvalue weighted by Gasteiger charge is -2.48. The second-order valence-corrected chi connectivity index (χ2v) is 11.5. The van der Waals surface area contributed by atoms with Gasteiger partial charge in [0.25, 0.3) is 0 Å². The van der Waals surface area contributed by atoms with Crippen LogP contribution in [0.3, 0.4) is 0 Å². The molecule has 2 bridgehead atoms. The van der Waals surface area contributed by atoms with Gasteiger partial charge >= 0.3 is 6.09 Å². The summed E-state index contributed by atoms with van der Waals surface area (Å²) < 4.78 is 5.92. The molecule has 7 nitrogen and oxygen atoms in total. The molecule has 1 aliphatic heterocycles. The van der Waals surface area contributed by atoms with Crippen LogP contribution in [0.5, 0.6) is 0 Å². The molecule has 3 aliphatic carbocycles. The molecule has 4 aliphatic rings. The van der Waals surface area contributed by atoms with E-state index >= 15 is 0 Å². The fraction of sp³-hybridized carbons (Fsp3) is 0.769. The van der Waals surface area contributed by atoms with Crippen LogP contribution in [0.4, 0.5) is 4.79 Å². The number of aliphatic hydroxyl groups excluding tert-OH is 2. The molecular formula is C26H39NO6. The maximum Gasteiger partial charge on any atom is 0.410 e. The summed E-state index contributed by atoms with van der Waals surface area (Å²) in [5.74, 6) is -0.931. The molecule has 1 spiro atoms. The minimum atomic E-state index is -2.10. The van der Waals surface area contributed by atoms with Crippen LogP contribution >= 0.6 is 0 Å². The van der Waals surface area contributed by atoms with E-state index in [0.717, 1.165) is 12.8 Å². The zero-order valence-corrected chi connectivity index (χ0v) is 20.7. The lowest BCUT2D eigenvalue weighted by Crippen LogP contribution is -2.66. The first-order chi connectivity index (χ1) is 15.3. The lowest BCUT2D eigenvalue weighted by molar-refractivity contribution is -0.190. The van der Waals surface area contributed by atoms with Crippen molar-refractivity contribution in [3.8, 4) is 0 Å². The Bertz CT molecular complexity index is 908. The van der Waals surface area contributed by atoms with E-state index < -0.39 is 47.3 Å². The van der Waals surface area contributed by atoms with E-state index in [1.807, 2.05) is 27.7 Å². The van der Waals surface area contributed by atoms with Crippen LogP contribution in [0.2, 0.25) is 0 Å². The number of hydrogen-bond donors (Lipinski definition) is 3. The third-order valence-corrected chi connectivity index (χ3v) is 9.52. The molecule has 1 saturated heterocycles. The number of fused-ring (bicyclic) bond motifs is 1. The smallest absolute Gasteiger partial charge is 0.410 e. The van der Waals surface area contributed by atoms with E-state index in [2.05, 4.69) is 6.92 Å². The number of ketones is 1. The Kier molecular flexibility index (Phi) is 5.86. The monoisotopic (exact) mass is 461 g/mol. The first kappa shape index (κ1) is 24.4. The van der Waals surface area contributed by atoms with Crippen LogP contribution in [0, 0.1) is 28.6 Å². The minimum absolute atomic E-state index is 0.0308. The van der Waals surface area contributed by atoms with E-state index in [-0.39, 0.29) is 29.2 Å². The van der Waals surface area contributed by atoms with Crippen molar-refractivity contribution in [2.45, 2.75) is 84.7 Å². The lowest BCUT2D eigenvalue weighted by atomic mass is 9.59. The molecule has 3 N–H and O–H groups in total. The third-order valence-electron chi connectivity index (χ3n) is 9.52. The first-order valence-electron chi connectivity index (χ1n) is 12.3. The molecule has 1 unspecified atom stereocenters. The Hall–Kier alpha value is -1.70. The average molecular weight is 462 g/mol. The highest BCUT2D eigenvalue weighted by molar-refractivity contribution is 5.95. The van der Waals surface area contributed by atoms with Crippen molar-refractivity contribution in [1.29, 1.82) is 0 Å². The van der Waals surface area contributed by atoms with E-state index in [1.54, 1.807) is 24.0 Å². The summed E-state index contributed by atoms with van der Waals surface area (Å²) in [4.78, 5) is 29.1. The molecule has 1 heterocycles. The van der Waals surface area contributed by atoms with Gasteiger partial charge in [0, 0.05) is 18.5 Å². The van der Waals surface area contributed by atoms with Crippen LogP contribution in [-0.2, 0) is 9.53 Å². The van der Waals surface area contributed by atoms with Gasteiger partial charge in [0.2, 0.25) is 0 Å². The van der Waals surface area contributed by atoms with Gasteiger partial charge in [-0.1, -0.05) is 39.8 Å². The van der Waals surface area contributed by atoms with Crippen molar-refractivity contribution in [3.05, 3.63) is 23.3 Å². The maximum atomic E-state index is 14.3. The van der Waals surface area contributed by atoms with Crippen molar-refractivity contribution < 1.29 is 29.6 Å². The van der Waals surface area contributed by atoms with Crippen molar-refractivity contribution in [1.82, 2.24) is 4.90 Å². The zero-order valence-electron chi connectivity index (χ0n) is 20.7. The molecule has 0 aromatic rings. The molecule has 33 heavy (non-hydrogen) atoms. The fourth-order valence-corrected chi connectivity index (χ4v) is 7.03. The normalized spacial score (nSPS) is 44.5. The zero-order chi connectivity index (χ0) is 24.5. The molecular weight excluding hydrogens is 422 g/mol. The number of carbonyl (C=O) groups is 2. The van der Waals surface area contributed by atoms with E-state index in [0.29, 0.717) is 18.5 Å². The largest absolute Gasteiger partial charge is 0.438 e. The Morgan fingerprint density at radius 2 is 1.91 bits per heavy atom. The second-order valence-electron chi connectivity index (χ2n) is 11.5. The molecule has 4 rings (SSSR count). The summed E-state index contributed by atoms with van der Waals surface area (Å²) in [7, 11) is 0. The number of nitrogens with zero attached hydrogens (tertiary/aromatic N) is 1. The number of rotatable bonds is 2. The van der Waals surface area contributed by atoms with E-state index in [1.165, 1.54) is 0 Å². The Morgan fingerprint density at radius 1 is 1.24 bits per heavy atom. The number of ether oxygens (including phenoxy) is 1. The summed E-state index contributed by atoms with van der Waals surface area (Å²) in [5, 5.41) is 34.1. The fourth-order valence-electron chi connectivity index (χ4n) is 7.03. The van der Waals surface area contributed by atoms with Gasteiger partial charge in [0.1, 0.15) is 6.10 Å². The van der Waals surface area contributed by atoms with Crippen LogP contribution < -0.4 is 0 Å². The van der Waals surface area contributed by atoms with Gasteiger partial charge in [-0.3, -0.25) is 4.79 Å². The topological polar surface area (TPSA) is 107 Å². The summed E-state index contributed by atoms with van der Waals surface area (Å²) in [6, 6.07) is 0.0308. The highest BCUT2D eigenvalue weighted by atomic mass is 16.6. The highest BCUT2D eigenvalue weighted by Crippen LogP contribution is 2.62. The van der Waals surface area contributed by atoms with Crippen molar-refractivity contribution >= 4 is 11.9 Å². The number of amides is 1. The molecule has 0 aromatic carbocycles. The first-order valence-corrected chi connectivity index (χ1v) is 12.3. The molecule has 184 valence electrons. The van der Waals surface area contributed by atoms with Gasteiger partial charge in [0.05, 0.1) is 12.0 Å². The summed E-state index contributed by atoms with van der Waals surface area (Å²) in [6.07, 6.45) is 2.55. The van der Waals surface area contributed by atoms with Crippen LogP contribution in [0.15, 0.2) is 23.3 Å². The predicted octanol–water partition coefficient (Wildman–Crippen LogP) is 2.83. The maximum absolute atomic E-state index is 14.3. The number of Topliss-reactive ketones (excluding diaryl/α,β-unsaturated/α-hetero) is 1. The SMILES string of the molecule is CC1=C[C@]23C(=O)[C@@H](C=C(CO)[C@@H](O)[C@]2(O)[C@H]1OC(=O)N1CCCC1C)C(C)(C)[C@@H](C)C[C@H]3C. The van der Waals surface area contributed by atoms with Gasteiger partial charge < -0.3 is 25.0 Å². The number of aliphatic hydroxyl groups is 3. The molecule has 2 fully saturated rings. The molecule has 0 radical (unpaired) electrons. The quantitative estimate of drug-likeness (QED) is 0.546. The van der Waals surface area contributed by atoms with Crippen molar-refractivity contribution in [2.24, 2.45) is 28.6 Å². The van der Waals surface area contributed by atoms with E-state index in [4.69, 9.17) is 4.74 Å². The minimum Gasteiger partial charge on any atom is -0.438 e. The highest BCUT2D eigenvalue weighted by Gasteiger charge is 2.73. The molecule has 0 aromatic heterocycles. The molecule has 1 saturated carbocycles. The molecule has 1 amide bonds. The number of allylic oxidation sites excluding steroid dienone is 1. The van der Waals surface area contributed by atoms with Crippen LogP contribution in [0.25, 0.3) is 0 Å². The number of likely N-dealkylation sites (tertiary alicyclic amines) is 1. The summed E-state index contributed by atoms with van der Waals surface area (Å²) in [5.41, 5.74) is -3.22. The van der Waals surface area contributed by atoms with Crippen molar-refractivity contribution in [3.63, 3.8) is 0 Å². The van der Waals surface area contributed by atoms with Gasteiger partial charge in [-0.2, -0.15) is 0 Å². The molecule has 7 heteroatoms. The predicted molar refractivity (Wildman–Crippen MR) is 123 cm³/mol. The van der Waals surface area contributed by atoms with Gasteiger partial charge in [-0.15, -0.1) is 0 Å². The van der Waals surface area contributed by atoms with Crippen molar-refractivity contribution in [2.75, 3.05) is 13.2 Å². The average Bonchev–Trinajstić information content (AvgIpc) is 3.25. The van der Waals surface area contributed by atoms with Gasteiger partial charge in [-0.05, 0) is 61.5 Å². The Labute approximate surface area is 196 Å². The second kappa shape index (κ2) is 7.92. The number of hydrogen-bond acceptors (Lipinski definition) is 6. The summed E-state index contributed by atoms with van der Waals surface area (Å²) in [6.45, 7) is 11.9. The number of carbonyl (C=O) groups excluding carboxylic acids is 2. The standard InChI is InChI=1S/C26H39NO6/c1-14-12-25-16(3)10-15(2)24(5,6)19(21(25)30)11-18(13-28)20(29)26(25,32)22(14)33-23(31)27-9-7-8-17(27)4/h11-12,15-17,19-20,22,28-29,32H,7-10,13H2,1-6H3/t15-,16+,17?,19+,20+,22-,25-,26-/m0/s1. The molecule has 8 atom stereocenters. The van der Waals surface area contributed by atoms with Gasteiger partial charge in [0.15, 0.2) is 17.5 Å². The third kappa shape index (κ3) is 3.11. The van der Waals surface area contributed by atoms with E-state index in [9.17, 15) is 24.9 Å². The van der Waals surface area contributed by atoms with Crippen LogP contribution in [0.1, 0.15) is 60.8 Å². The van der Waals surface area contributed by atoms with Gasteiger partial charge in [-0.25, -0.2) is 4.79 Å². The Morgan fingerprint density at radius 3 is 2.48 bits per heavy atom. The Balaban J connectivity index is 1.87. The summed E-state index contributed by atoms with van der Waals surface area (Å²) >= 11 is 0. The van der Waals surface area contributed by atoms with Crippen LogP contribution in [-0.4, -0.2) is 69.1 Å².